The summed E-state index contributed by atoms with van der Waals surface area (Å²) in [5.74, 6) is -0.153. The van der Waals surface area contributed by atoms with Crippen molar-refractivity contribution in [2.24, 2.45) is 0 Å². The number of methoxy groups -OCH3 is 1. The summed E-state index contributed by atoms with van der Waals surface area (Å²) >= 11 is 6.39. The highest BCUT2D eigenvalue weighted by molar-refractivity contribution is 7.92. The molecule has 1 atom stereocenters. The first-order valence-corrected chi connectivity index (χ1v) is 15.4. The number of nitrogens with zero attached hydrogens (tertiary/aromatic N) is 2. The molecule has 2 amide bonds. The summed E-state index contributed by atoms with van der Waals surface area (Å²) in [5.41, 5.74) is 2.70. The van der Waals surface area contributed by atoms with Crippen LogP contribution in [0.1, 0.15) is 43.4 Å². The maximum absolute atomic E-state index is 14.1. The van der Waals surface area contributed by atoms with E-state index in [-0.39, 0.29) is 23.0 Å². The Bertz CT molecular complexity index is 1440. The molecule has 0 unspecified atom stereocenters. The summed E-state index contributed by atoms with van der Waals surface area (Å²) in [6.45, 7) is 7.50. The molecule has 0 aromatic heterocycles. The highest BCUT2D eigenvalue weighted by Crippen LogP contribution is 2.29. The predicted octanol–water partition coefficient (Wildman–Crippen LogP) is 5.49. The van der Waals surface area contributed by atoms with Crippen LogP contribution in [0.15, 0.2) is 71.6 Å². The van der Waals surface area contributed by atoms with Crippen molar-refractivity contribution in [1.29, 1.82) is 0 Å². The minimum absolute atomic E-state index is 0.0435. The van der Waals surface area contributed by atoms with Gasteiger partial charge in [-0.1, -0.05) is 61.3 Å². The van der Waals surface area contributed by atoms with E-state index in [1.165, 1.54) is 23.1 Å². The predicted molar refractivity (Wildman–Crippen MR) is 163 cm³/mol. The number of carbonyl (C=O) groups excluding carboxylic acids is 2. The van der Waals surface area contributed by atoms with Crippen LogP contribution in [0.3, 0.4) is 0 Å². The lowest BCUT2D eigenvalue weighted by molar-refractivity contribution is -0.140. The zero-order valence-electron chi connectivity index (χ0n) is 24.2. The van der Waals surface area contributed by atoms with E-state index in [1.54, 1.807) is 43.5 Å². The molecule has 0 aliphatic rings. The number of nitrogens with one attached hydrogen (secondary N) is 1. The van der Waals surface area contributed by atoms with Gasteiger partial charge in [0.15, 0.2) is 0 Å². The summed E-state index contributed by atoms with van der Waals surface area (Å²) < 4.78 is 34.2. The van der Waals surface area contributed by atoms with E-state index in [0.717, 1.165) is 27.4 Å². The normalized spacial score (nSPS) is 12.0. The topological polar surface area (TPSA) is 96.0 Å². The molecule has 0 radical (unpaired) electrons. The number of halogens is 1. The van der Waals surface area contributed by atoms with Crippen molar-refractivity contribution in [2.75, 3.05) is 24.5 Å². The number of hydrogen-bond donors (Lipinski definition) is 1. The molecule has 1 N–H and O–H groups in total. The van der Waals surface area contributed by atoms with Crippen molar-refractivity contribution in [3.8, 4) is 5.75 Å². The summed E-state index contributed by atoms with van der Waals surface area (Å²) in [7, 11) is -2.60. The number of benzene rings is 3. The van der Waals surface area contributed by atoms with Crippen LogP contribution in [0, 0.1) is 13.8 Å². The molecule has 41 heavy (non-hydrogen) atoms. The third kappa shape index (κ3) is 8.01. The fourth-order valence-electron chi connectivity index (χ4n) is 4.32. The molecular weight excluding hydrogens is 562 g/mol. The SMILES string of the molecule is CCCNC(=O)[C@@H](CC)N(Cc1ccc(OC)cc1)C(=O)CN(c1ccc(C)c(Cl)c1)S(=O)(=O)c1ccc(C)cc1. The zero-order valence-corrected chi connectivity index (χ0v) is 25.8. The summed E-state index contributed by atoms with van der Waals surface area (Å²) in [4.78, 5) is 28.8. The van der Waals surface area contributed by atoms with Gasteiger partial charge < -0.3 is 15.0 Å². The van der Waals surface area contributed by atoms with Crippen LogP contribution in [-0.2, 0) is 26.2 Å². The van der Waals surface area contributed by atoms with E-state index in [9.17, 15) is 18.0 Å². The van der Waals surface area contributed by atoms with E-state index >= 15 is 0 Å². The van der Waals surface area contributed by atoms with Gasteiger partial charge in [0.25, 0.3) is 10.0 Å². The Hall–Kier alpha value is -3.56. The summed E-state index contributed by atoms with van der Waals surface area (Å²) in [6.07, 6.45) is 1.09. The highest BCUT2D eigenvalue weighted by Gasteiger charge is 2.33. The Morgan fingerprint density at radius 3 is 2.20 bits per heavy atom. The number of rotatable bonds is 13. The van der Waals surface area contributed by atoms with Gasteiger partial charge in [-0.25, -0.2) is 8.42 Å². The van der Waals surface area contributed by atoms with Crippen molar-refractivity contribution < 1.29 is 22.7 Å². The van der Waals surface area contributed by atoms with Gasteiger partial charge in [-0.3, -0.25) is 13.9 Å². The van der Waals surface area contributed by atoms with Crippen LogP contribution < -0.4 is 14.4 Å². The fraction of sp³-hybridized carbons (Fsp3) is 0.355. The van der Waals surface area contributed by atoms with Crippen molar-refractivity contribution in [2.45, 2.75) is 58.0 Å². The van der Waals surface area contributed by atoms with Crippen molar-refractivity contribution >= 4 is 39.1 Å². The van der Waals surface area contributed by atoms with E-state index in [1.807, 2.05) is 39.8 Å². The summed E-state index contributed by atoms with van der Waals surface area (Å²) in [6, 6.07) is 17.7. The van der Waals surface area contributed by atoms with E-state index in [2.05, 4.69) is 5.32 Å². The zero-order chi connectivity index (χ0) is 30.2. The Balaban J connectivity index is 2.07. The van der Waals surface area contributed by atoms with Crippen molar-refractivity contribution in [3.05, 3.63) is 88.4 Å². The first-order valence-electron chi connectivity index (χ1n) is 13.6. The molecule has 0 saturated carbocycles. The van der Waals surface area contributed by atoms with Gasteiger partial charge >= 0.3 is 0 Å². The number of anilines is 1. The Morgan fingerprint density at radius 1 is 0.976 bits per heavy atom. The molecule has 3 aromatic rings. The van der Waals surface area contributed by atoms with Gasteiger partial charge in [-0.2, -0.15) is 0 Å². The second-order valence-corrected chi connectivity index (χ2v) is 12.1. The third-order valence-electron chi connectivity index (χ3n) is 6.78. The molecule has 0 heterocycles. The molecule has 10 heteroatoms. The molecular formula is C31H38ClN3O5S. The minimum Gasteiger partial charge on any atom is -0.497 e. The fourth-order valence-corrected chi connectivity index (χ4v) is 5.90. The Morgan fingerprint density at radius 2 is 1.63 bits per heavy atom. The van der Waals surface area contributed by atoms with Gasteiger partial charge in [-0.05, 0) is 74.2 Å². The average molecular weight is 600 g/mol. The molecule has 0 spiro atoms. The molecule has 220 valence electrons. The van der Waals surface area contributed by atoms with Crippen LogP contribution in [0.4, 0.5) is 5.69 Å². The Labute approximate surface area is 248 Å². The average Bonchev–Trinajstić information content (AvgIpc) is 2.96. The molecule has 0 aliphatic carbocycles. The number of amides is 2. The lowest BCUT2D eigenvalue weighted by Gasteiger charge is -2.33. The van der Waals surface area contributed by atoms with Crippen LogP contribution in [-0.4, -0.2) is 51.4 Å². The van der Waals surface area contributed by atoms with Crippen molar-refractivity contribution in [1.82, 2.24) is 10.2 Å². The second kappa shape index (κ2) is 14.4. The van der Waals surface area contributed by atoms with Crippen LogP contribution in [0.2, 0.25) is 5.02 Å². The maximum Gasteiger partial charge on any atom is 0.264 e. The van der Waals surface area contributed by atoms with Crippen LogP contribution in [0.5, 0.6) is 5.75 Å². The van der Waals surface area contributed by atoms with E-state index in [0.29, 0.717) is 23.7 Å². The van der Waals surface area contributed by atoms with Gasteiger partial charge in [-0.15, -0.1) is 0 Å². The monoisotopic (exact) mass is 599 g/mol. The molecule has 3 rings (SSSR count). The first kappa shape index (κ1) is 32.0. The molecule has 0 aliphatic heterocycles. The van der Waals surface area contributed by atoms with E-state index in [4.69, 9.17) is 16.3 Å². The molecule has 0 fully saturated rings. The van der Waals surface area contributed by atoms with Crippen LogP contribution >= 0.6 is 11.6 Å². The number of aryl methyl sites for hydroxylation is 2. The smallest absolute Gasteiger partial charge is 0.264 e. The quantitative estimate of drug-likeness (QED) is 0.280. The third-order valence-corrected chi connectivity index (χ3v) is 8.97. The van der Waals surface area contributed by atoms with Gasteiger partial charge in [0.2, 0.25) is 11.8 Å². The van der Waals surface area contributed by atoms with Crippen molar-refractivity contribution in [3.63, 3.8) is 0 Å². The second-order valence-electron chi connectivity index (χ2n) is 9.84. The molecule has 0 bridgehead atoms. The maximum atomic E-state index is 14.1. The first-order chi connectivity index (χ1) is 19.5. The highest BCUT2D eigenvalue weighted by atomic mass is 35.5. The minimum atomic E-state index is -4.17. The van der Waals surface area contributed by atoms with Gasteiger partial charge in [0.05, 0.1) is 17.7 Å². The largest absolute Gasteiger partial charge is 0.497 e. The lowest BCUT2D eigenvalue weighted by Crippen LogP contribution is -2.52. The molecule has 8 nitrogen and oxygen atoms in total. The number of ether oxygens (including phenoxy) is 1. The number of sulfonamides is 1. The molecule has 0 saturated heterocycles. The number of hydrogen-bond acceptors (Lipinski definition) is 5. The van der Waals surface area contributed by atoms with E-state index < -0.39 is 28.5 Å². The standard InChI is InChI=1S/C31H38ClN3O5S/c1-6-18-33-31(37)29(7-2)34(20-24-11-14-26(40-5)15-12-24)30(36)21-35(25-13-10-23(4)28(32)19-25)41(38,39)27-16-8-22(3)9-17-27/h8-17,19,29H,6-7,18,20-21H2,1-5H3,(H,33,37)/t29-/m1/s1. The van der Waals surface area contributed by atoms with Crippen LogP contribution in [0.25, 0.3) is 0 Å². The molecule has 3 aromatic carbocycles. The number of carbonyl (C=O) groups is 2. The van der Waals surface area contributed by atoms with Gasteiger partial charge in [0, 0.05) is 18.1 Å². The van der Waals surface area contributed by atoms with Gasteiger partial charge in [0.1, 0.15) is 18.3 Å². The lowest BCUT2D eigenvalue weighted by atomic mass is 10.1. The Kier molecular flexibility index (Phi) is 11.2. The summed E-state index contributed by atoms with van der Waals surface area (Å²) in [5, 5.41) is 3.26.